The average molecular weight is 357 g/mol. The molecule has 0 saturated carbocycles. The summed E-state index contributed by atoms with van der Waals surface area (Å²) < 4.78 is 39.4. The molecular formula is C16H24FN3O3S. The van der Waals surface area contributed by atoms with Crippen LogP contribution in [-0.4, -0.2) is 74.2 Å². The molecule has 134 valence electrons. The lowest BCUT2D eigenvalue weighted by molar-refractivity contribution is -0.132. The fourth-order valence-corrected chi connectivity index (χ4v) is 3.90. The van der Waals surface area contributed by atoms with E-state index in [0.717, 1.165) is 12.1 Å². The minimum Gasteiger partial charge on any atom is -0.342 e. The number of likely N-dealkylation sites (N-methyl/N-ethyl adjacent to an activating group) is 1. The molecule has 1 aliphatic heterocycles. The van der Waals surface area contributed by atoms with Gasteiger partial charge in [-0.05, 0) is 38.1 Å². The van der Waals surface area contributed by atoms with E-state index >= 15 is 0 Å². The first-order chi connectivity index (χ1) is 11.2. The first-order valence-electron chi connectivity index (χ1n) is 7.95. The smallest absolute Gasteiger partial charge is 0.243 e. The zero-order valence-corrected chi connectivity index (χ0v) is 15.1. The number of rotatable bonds is 5. The molecule has 2 rings (SSSR count). The van der Waals surface area contributed by atoms with Crippen molar-refractivity contribution in [3.63, 3.8) is 0 Å². The van der Waals surface area contributed by atoms with Crippen LogP contribution in [0.4, 0.5) is 4.39 Å². The Balaban J connectivity index is 1.95. The van der Waals surface area contributed by atoms with Crippen LogP contribution in [0.5, 0.6) is 0 Å². The van der Waals surface area contributed by atoms with Crippen molar-refractivity contribution in [2.45, 2.75) is 24.8 Å². The molecule has 0 bridgehead atoms. The number of amides is 1. The number of hydrogen-bond donors (Lipinski definition) is 0. The largest absolute Gasteiger partial charge is 0.342 e. The maximum absolute atomic E-state index is 13.0. The molecule has 0 unspecified atom stereocenters. The predicted octanol–water partition coefficient (Wildman–Crippen LogP) is 0.999. The minimum absolute atomic E-state index is 0.0276. The number of piperazine rings is 1. The van der Waals surface area contributed by atoms with Gasteiger partial charge in [-0.1, -0.05) is 0 Å². The summed E-state index contributed by atoms with van der Waals surface area (Å²) in [5, 5.41) is 0. The van der Waals surface area contributed by atoms with Gasteiger partial charge in [0.25, 0.3) is 0 Å². The molecule has 0 atom stereocenters. The van der Waals surface area contributed by atoms with Crippen LogP contribution in [0.25, 0.3) is 0 Å². The second-order valence-electron chi connectivity index (χ2n) is 6.23. The van der Waals surface area contributed by atoms with Crippen LogP contribution in [0.1, 0.15) is 13.8 Å². The van der Waals surface area contributed by atoms with E-state index in [1.165, 1.54) is 16.4 Å². The minimum atomic E-state index is -3.62. The molecule has 1 aliphatic rings. The van der Waals surface area contributed by atoms with Gasteiger partial charge in [0.15, 0.2) is 0 Å². The lowest BCUT2D eigenvalue weighted by Gasteiger charge is -2.34. The van der Waals surface area contributed by atoms with Crippen LogP contribution in [0, 0.1) is 5.82 Å². The highest BCUT2D eigenvalue weighted by molar-refractivity contribution is 7.89. The number of halogens is 1. The topological polar surface area (TPSA) is 60.9 Å². The molecule has 1 fully saturated rings. The summed E-state index contributed by atoms with van der Waals surface area (Å²) >= 11 is 0. The zero-order valence-electron chi connectivity index (χ0n) is 14.3. The number of benzene rings is 1. The summed E-state index contributed by atoms with van der Waals surface area (Å²) in [6.07, 6.45) is 0. The lowest BCUT2D eigenvalue weighted by Crippen LogP contribution is -2.51. The Labute approximate surface area is 142 Å². The summed E-state index contributed by atoms with van der Waals surface area (Å²) in [7, 11) is -1.85. The summed E-state index contributed by atoms with van der Waals surface area (Å²) in [5.41, 5.74) is 0. The van der Waals surface area contributed by atoms with Crippen molar-refractivity contribution >= 4 is 15.9 Å². The van der Waals surface area contributed by atoms with Crippen molar-refractivity contribution in [2.24, 2.45) is 0 Å². The third-order valence-corrected chi connectivity index (χ3v) is 6.22. The Kier molecular flexibility index (Phi) is 5.95. The van der Waals surface area contributed by atoms with E-state index in [-0.39, 0.29) is 16.8 Å². The summed E-state index contributed by atoms with van der Waals surface area (Å²) in [5.74, 6) is -0.439. The van der Waals surface area contributed by atoms with Crippen LogP contribution in [-0.2, 0) is 14.8 Å². The number of carbonyl (C=O) groups is 1. The van der Waals surface area contributed by atoms with Gasteiger partial charge in [-0.3, -0.25) is 9.69 Å². The van der Waals surface area contributed by atoms with Crippen molar-refractivity contribution in [3.8, 4) is 0 Å². The van der Waals surface area contributed by atoms with Gasteiger partial charge in [0, 0.05) is 39.3 Å². The second kappa shape index (κ2) is 7.58. The van der Waals surface area contributed by atoms with E-state index in [2.05, 4.69) is 0 Å². The average Bonchev–Trinajstić information content (AvgIpc) is 2.55. The highest BCUT2D eigenvalue weighted by atomic mass is 32.2. The number of hydrogen-bond acceptors (Lipinski definition) is 4. The maximum atomic E-state index is 13.0. The molecule has 24 heavy (non-hydrogen) atoms. The molecule has 1 amide bonds. The fourth-order valence-electron chi connectivity index (χ4n) is 2.47. The lowest BCUT2D eigenvalue weighted by atomic mass is 10.3. The Morgan fingerprint density at radius 1 is 1.17 bits per heavy atom. The Bertz CT molecular complexity index is 668. The highest BCUT2D eigenvalue weighted by Crippen LogP contribution is 2.18. The van der Waals surface area contributed by atoms with E-state index in [0.29, 0.717) is 32.7 Å². The molecule has 8 heteroatoms. The van der Waals surface area contributed by atoms with E-state index in [9.17, 15) is 17.6 Å². The van der Waals surface area contributed by atoms with Gasteiger partial charge in [-0.15, -0.1) is 0 Å². The van der Waals surface area contributed by atoms with Crippen molar-refractivity contribution < 1.29 is 17.6 Å². The SMILES string of the molecule is CC(C)N(C)C(=O)CN1CCN(S(=O)(=O)c2ccc(F)cc2)CC1. The first kappa shape index (κ1) is 18.8. The molecule has 1 saturated heterocycles. The normalized spacial score (nSPS) is 17.2. The maximum Gasteiger partial charge on any atom is 0.243 e. The van der Waals surface area contributed by atoms with Crippen LogP contribution < -0.4 is 0 Å². The van der Waals surface area contributed by atoms with Crippen molar-refractivity contribution in [3.05, 3.63) is 30.1 Å². The summed E-state index contributed by atoms with van der Waals surface area (Å²) in [6.45, 7) is 5.82. The third kappa shape index (κ3) is 4.31. The highest BCUT2D eigenvalue weighted by Gasteiger charge is 2.29. The molecule has 1 heterocycles. The van der Waals surface area contributed by atoms with Crippen LogP contribution in [0.3, 0.4) is 0 Å². The molecule has 1 aromatic carbocycles. The van der Waals surface area contributed by atoms with Gasteiger partial charge in [0.05, 0.1) is 11.4 Å². The molecule has 0 radical (unpaired) electrons. The quantitative estimate of drug-likeness (QED) is 0.789. The Morgan fingerprint density at radius 3 is 2.21 bits per heavy atom. The fraction of sp³-hybridized carbons (Fsp3) is 0.562. The number of carbonyl (C=O) groups excluding carboxylic acids is 1. The van der Waals surface area contributed by atoms with Gasteiger partial charge in [-0.2, -0.15) is 4.31 Å². The number of sulfonamides is 1. The van der Waals surface area contributed by atoms with E-state index in [1.807, 2.05) is 18.7 Å². The van der Waals surface area contributed by atoms with Crippen LogP contribution in [0.15, 0.2) is 29.2 Å². The number of nitrogens with zero attached hydrogens (tertiary/aromatic N) is 3. The molecule has 0 spiro atoms. The molecule has 0 N–H and O–H groups in total. The summed E-state index contributed by atoms with van der Waals surface area (Å²) in [4.78, 5) is 15.8. The molecule has 1 aromatic rings. The van der Waals surface area contributed by atoms with Crippen LogP contribution >= 0.6 is 0 Å². The van der Waals surface area contributed by atoms with Gasteiger partial charge in [0.2, 0.25) is 15.9 Å². The third-order valence-electron chi connectivity index (χ3n) is 4.31. The molecule has 0 aliphatic carbocycles. The van der Waals surface area contributed by atoms with Gasteiger partial charge < -0.3 is 4.90 Å². The van der Waals surface area contributed by atoms with Crippen molar-refractivity contribution in [2.75, 3.05) is 39.8 Å². The summed E-state index contributed by atoms with van der Waals surface area (Å²) in [6, 6.07) is 4.97. The standard InChI is InChI=1S/C16H24FN3O3S/c1-13(2)18(3)16(21)12-19-8-10-20(11-9-19)24(22,23)15-6-4-14(17)5-7-15/h4-7,13H,8-12H2,1-3H3. The van der Waals surface area contributed by atoms with Gasteiger partial charge in [0.1, 0.15) is 5.82 Å². The zero-order chi connectivity index (χ0) is 17.9. The van der Waals surface area contributed by atoms with Gasteiger partial charge in [-0.25, -0.2) is 12.8 Å². The van der Waals surface area contributed by atoms with Gasteiger partial charge >= 0.3 is 0 Å². The van der Waals surface area contributed by atoms with Crippen LogP contribution in [0.2, 0.25) is 0 Å². The monoisotopic (exact) mass is 357 g/mol. The van der Waals surface area contributed by atoms with E-state index in [1.54, 1.807) is 11.9 Å². The second-order valence-corrected chi connectivity index (χ2v) is 8.17. The van der Waals surface area contributed by atoms with Crippen molar-refractivity contribution in [1.82, 2.24) is 14.1 Å². The Hall–Kier alpha value is -1.51. The molecular weight excluding hydrogens is 333 g/mol. The predicted molar refractivity (Wildman–Crippen MR) is 89.5 cm³/mol. The van der Waals surface area contributed by atoms with E-state index in [4.69, 9.17) is 0 Å². The van der Waals surface area contributed by atoms with Crippen molar-refractivity contribution in [1.29, 1.82) is 0 Å². The first-order valence-corrected chi connectivity index (χ1v) is 9.39. The molecule has 6 nitrogen and oxygen atoms in total. The van der Waals surface area contributed by atoms with E-state index < -0.39 is 15.8 Å². The molecule has 0 aromatic heterocycles. The Morgan fingerprint density at radius 2 is 1.71 bits per heavy atom.